The van der Waals surface area contributed by atoms with E-state index in [4.69, 9.17) is 4.74 Å². The quantitative estimate of drug-likeness (QED) is 0.325. The van der Waals surface area contributed by atoms with Crippen LogP contribution >= 0.6 is 0 Å². The van der Waals surface area contributed by atoms with Gasteiger partial charge in [-0.25, -0.2) is 0 Å². The van der Waals surface area contributed by atoms with Gasteiger partial charge in [0.15, 0.2) is 0 Å². The molecule has 0 bridgehead atoms. The number of para-hydroxylation sites is 2. The average molecular weight is 405 g/mol. The molecule has 0 heterocycles. The fraction of sp³-hybridized carbons (Fsp3) is 0.333. The standard InChI is InChI=1S/C18H23N5O6/c1-5-21(20-13-8-6-7-9-14(13)22(25)26)15-10-16(29-4)17(19-12(3)24)11(2)18(15)23(27)28/h6-10,12,19-20,24H,5H2,1-4H3. The van der Waals surface area contributed by atoms with Crippen molar-refractivity contribution < 1.29 is 19.7 Å². The lowest BCUT2D eigenvalue weighted by molar-refractivity contribution is -0.384. The third-order valence-electron chi connectivity index (χ3n) is 4.21. The van der Waals surface area contributed by atoms with Gasteiger partial charge in [-0.3, -0.25) is 30.7 Å². The number of hydrogen-bond acceptors (Lipinski definition) is 9. The molecule has 2 aromatic carbocycles. The summed E-state index contributed by atoms with van der Waals surface area (Å²) in [5, 5.41) is 37.0. The molecule has 1 unspecified atom stereocenters. The van der Waals surface area contributed by atoms with Crippen molar-refractivity contribution in [1.82, 2.24) is 0 Å². The van der Waals surface area contributed by atoms with Crippen LogP contribution < -0.4 is 20.5 Å². The van der Waals surface area contributed by atoms with Crippen molar-refractivity contribution >= 4 is 28.4 Å². The number of aliphatic hydroxyl groups is 1. The molecule has 2 rings (SSSR count). The Morgan fingerprint density at radius 3 is 2.41 bits per heavy atom. The Kier molecular flexibility index (Phi) is 6.78. The molecule has 29 heavy (non-hydrogen) atoms. The largest absolute Gasteiger partial charge is 0.494 e. The summed E-state index contributed by atoms with van der Waals surface area (Å²) in [6.07, 6.45) is -0.958. The maximum absolute atomic E-state index is 11.8. The van der Waals surface area contributed by atoms with E-state index in [9.17, 15) is 25.3 Å². The molecule has 0 aliphatic carbocycles. The molecule has 1 atom stereocenters. The summed E-state index contributed by atoms with van der Waals surface area (Å²) in [5.74, 6) is 0.284. The van der Waals surface area contributed by atoms with Gasteiger partial charge in [0.1, 0.15) is 23.4 Å². The summed E-state index contributed by atoms with van der Waals surface area (Å²) in [4.78, 5) is 22.1. The van der Waals surface area contributed by atoms with E-state index in [1.807, 2.05) is 0 Å². The highest BCUT2D eigenvalue weighted by Gasteiger charge is 2.28. The number of nitrogens with zero attached hydrogens (tertiary/aromatic N) is 3. The van der Waals surface area contributed by atoms with E-state index in [-0.39, 0.29) is 40.6 Å². The van der Waals surface area contributed by atoms with Crippen molar-refractivity contribution in [3.05, 3.63) is 56.1 Å². The normalized spacial score (nSPS) is 11.5. The van der Waals surface area contributed by atoms with Crippen LogP contribution in [-0.2, 0) is 0 Å². The van der Waals surface area contributed by atoms with Crippen LogP contribution in [0.15, 0.2) is 30.3 Å². The fourth-order valence-electron chi connectivity index (χ4n) is 2.93. The third kappa shape index (κ3) is 4.63. The second kappa shape index (κ2) is 9.06. The number of anilines is 3. The summed E-state index contributed by atoms with van der Waals surface area (Å²) in [6, 6.07) is 7.46. The lowest BCUT2D eigenvalue weighted by atomic mass is 10.1. The number of nitro groups is 2. The Balaban J connectivity index is 2.63. The number of hydrogen-bond donors (Lipinski definition) is 3. The highest BCUT2D eigenvalue weighted by Crippen LogP contribution is 2.43. The number of methoxy groups -OCH3 is 1. The van der Waals surface area contributed by atoms with Gasteiger partial charge in [-0.15, -0.1) is 0 Å². The van der Waals surface area contributed by atoms with Gasteiger partial charge < -0.3 is 15.2 Å². The van der Waals surface area contributed by atoms with E-state index < -0.39 is 16.1 Å². The minimum atomic E-state index is -0.958. The molecule has 3 N–H and O–H groups in total. The molecular formula is C18H23N5O6. The van der Waals surface area contributed by atoms with Crippen molar-refractivity contribution in [1.29, 1.82) is 0 Å². The molecule has 11 heteroatoms. The Labute approximate surface area is 167 Å². The van der Waals surface area contributed by atoms with Crippen molar-refractivity contribution in [2.45, 2.75) is 27.0 Å². The van der Waals surface area contributed by atoms with Gasteiger partial charge in [-0.05, 0) is 26.8 Å². The van der Waals surface area contributed by atoms with E-state index in [2.05, 4.69) is 10.7 Å². The van der Waals surface area contributed by atoms with E-state index >= 15 is 0 Å². The first-order valence-electron chi connectivity index (χ1n) is 8.79. The highest BCUT2D eigenvalue weighted by atomic mass is 16.6. The number of hydrazine groups is 1. The molecule has 2 aromatic rings. The smallest absolute Gasteiger partial charge is 0.299 e. The predicted octanol–water partition coefficient (Wildman–Crippen LogP) is 3.42. The lowest BCUT2D eigenvalue weighted by Crippen LogP contribution is -2.31. The number of nitro benzene ring substituents is 2. The molecule has 0 aliphatic rings. The van der Waals surface area contributed by atoms with Crippen LogP contribution in [0.1, 0.15) is 19.4 Å². The van der Waals surface area contributed by atoms with Gasteiger partial charge in [0.2, 0.25) is 0 Å². The van der Waals surface area contributed by atoms with Crippen LogP contribution in [0.4, 0.5) is 28.4 Å². The Morgan fingerprint density at radius 1 is 1.24 bits per heavy atom. The van der Waals surface area contributed by atoms with Crippen LogP contribution in [0, 0.1) is 27.2 Å². The maximum atomic E-state index is 11.8. The molecule has 0 spiro atoms. The molecule has 0 radical (unpaired) electrons. The predicted molar refractivity (Wildman–Crippen MR) is 109 cm³/mol. The Hall–Kier alpha value is -3.60. The minimum absolute atomic E-state index is 0.162. The minimum Gasteiger partial charge on any atom is -0.494 e. The zero-order valence-electron chi connectivity index (χ0n) is 16.5. The van der Waals surface area contributed by atoms with Crippen molar-refractivity contribution in [2.75, 3.05) is 29.4 Å². The van der Waals surface area contributed by atoms with E-state index in [1.54, 1.807) is 13.0 Å². The third-order valence-corrected chi connectivity index (χ3v) is 4.21. The van der Waals surface area contributed by atoms with Gasteiger partial charge in [-0.2, -0.15) is 0 Å². The summed E-state index contributed by atoms with van der Waals surface area (Å²) in [7, 11) is 1.41. The monoisotopic (exact) mass is 405 g/mol. The number of nitrogens with one attached hydrogen (secondary N) is 2. The fourth-order valence-corrected chi connectivity index (χ4v) is 2.93. The SMILES string of the molecule is CCN(Nc1ccccc1[N+](=O)[O-])c1cc(OC)c(NC(C)O)c(C)c1[N+](=O)[O-]. The topological polar surface area (TPSA) is 143 Å². The van der Waals surface area contributed by atoms with Gasteiger partial charge in [0.05, 0.1) is 28.2 Å². The maximum Gasteiger partial charge on any atom is 0.299 e. The zero-order chi connectivity index (χ0) is 21.7. The highest BCUT2D eigenvalue weighted by molar-refractivity contribution is 5.81. The molecule has 0 saturated heterocycles. The molecular weight excluding hydrogens is 382 g/mol. The zero-order valence-corrected chi connectivity index (χ0v) is 16.5. The van der Waals surface area contributed by atoms with E-state index in [0.29, 0.717) is 5.69 Å². The molecule has 156 valence electrons. The number of aliphatic hydroxyl groups excluding tert-OH is 1. The van der Waals surface area contributed by atoms with Gasteiger partial charge in [-0.1, -0.05) is 12.1 Å². The van der Waals surface area contributed by atoms with Crippen molar-refractivity contribution in [3.63, 3.8) is 0 Å². The number of benzene rings is 2. The first-order valence-corrected chi connectivity index (χ1v) is 8.79. The van der Waals surface area contributed by atoms with Crippen LogP contribution in [0.5, 0.6) is 5.75 Å². The first kappa shape index (κ1) is 21.7. The molecule has 0 aromatic heterocycles. The number of rotatable bonds is 9. The summed E-state index contributed by atoms with van der Waals surface area (Å²) < 4.78 is 5.35. The second-order valence-corrected chi connectivity index (χ2v) is 6.15. The molecule has 0 amide bonds. The lowest BCUT2D eigenvalue weighted by Gasteiger charge is -2.27. The van der Waals surface area contributed by atoms with Crippen LogP contribution in [0.2, 0.25) is 0 Å². The second-order valence-electron chi connectivity index (χ2n) is 6.15. The van der Waals surface area contributed by atoms with Crippen molar-refractivity contribution in [3.8, 4) is 5.75 Å². The van der Waals surface area contributed by atoms with Gasteiger partial charge in [0, 0.05) is 18.7 Å². The Bertz CT molecular complexity index is 918. The van der Waals surface area contributed by atoms with Crippen LogP contribution in [0.3, 0.4) is 0 Å². The van der Waals surface area contributed by atoms with Crippen molar-refractivity contribution in [2.24, 2.45) is 0 Å². The summed E-state index contributed by atoms with van der Waals surface area (Å²) in [5.41, 5.74) is 3.42. The Morgan fingerprint density at radius 2 is 1.90 bits per heavy atom. The summed E-state index contributed by atoms with van der Waals surface area (Å²) in [6.45, 7) is 5.02. The molecule has 0 aliphatic heterocycles. The van der Waals surface area contributed by atoms with Gasteiger partial charge >= 0.3 is 0 Å². The van der Waals surface area contributed by atoms with Crippen LogP contribution in [-0.4, -0.2) is 34.8 Å². The first-order chi connectivity index (χ1) is 13.7. The average Bonchev–Trinajstić information content (AvgIpc) is 2.66. The van der Waals surface area contributed by atoms with Gasteiger partial charge in [0.25, 0.3) is 11.4 Å². The molecule has 11 nitrogen and oxygen atoms in total. The van der Waals surface area contributed by atoms with E-state index in [1.165, 1.54) is 50.2 Å². The number of ether oxygens (including phenoxy) is 1. The van der Waals surface area contributed by atoms with E-state index in [0.717, 1.165) is 0 Å². The van der Waals surface area contributed by atoms with Crippen LogP contribution in [0.25, 0.3) is 0 Å². The molecule has 0 saturated carbocycles. The molecule has 0 fully saturated rings. The summed E-state index contributed by atoms with van der Waals surface area (Å²) >= 11 is 0.